The Bertz CT molecular complexity index is 983. The van der Waals surface area contributed by atoms with Gasteiger partial charge in [-0.15, -0.1) is 0 Å². The highest BCUT2D eigenvalue weighted by molar-refractivity contribution is 7.92. The summed E-state index contributed by atoms with van der Waals surface area (Å²) in [6.07, 6.45) is 5.00. The molecule has 0 radical (unpaired) electrons. The summed E-state index contributed by atoms with van der Waals surface area (Å²) in [5.41, 5.74) is 3.69. The number of carbonyl (C=O) groups excluding carboxylic acids is 1. The van der Waals surface area contributed by atoms with E-state index in [-0.39, 0.29) is 5.91 Å². The van der Waals surface area contributed by atoms with Crippen LogP contribution in [0.15, 0.2) is 48.5 Å². The Morgan fingerprint density at radius 3 is 2.32 bits per heavy atom. The van der Waals surface area contributed by atoms with Crippen molar-refractivity contribution in [3.63, 3.8) is 0 Å². The molecule has 6 nitrogen and oxygen atoms in total. The van der Waals surface area contributed by atoms with E-state index in [0.717, 1.165) is 37.0 Å². The molecule has 1 saturated heterocycles. The lowest BCUT2D eigenvalue weighted by molar-refractivity contribution is -0.122. The molecule has 1 aliphatic heterocycles. The van der Waals surface area contributed by atoms with Gasteiger partial charge in [-0.1, -0.05) is 42.8 Å². The molecule has 3 rings (SSSR count). The normalized spacial score (nSPS) is 16.0. The molecule has 1 unspecified atom stereocenters. The van der Waals surface area contributed by atoms with Gasteiger partial charge in [0.1, 0.15) is 6.04 Å². The number of likely N-dealkylation sites (tertiary alicyclic amines) is 1. The van der Waals surface area contributed by atoms with E-state index in [1.54, 1.807) is 25.1 Å². The molecular formula is C24H33N3O3S. The van der Waals surface area contributed by atoms with Gasteiger partial charge in [0.2, 0.25) is 15.9 Å². The molecule has 0 aliphatic carbocycles. The molecule has 31 heavy (non-hydrogen) atoms. The highest BCUT2D eigenvalue weighted by Gasteiger charge is 2.29. The molecule has 0 bridgehead atoms. The van der Waals surface area contributed by atoms with Crippen LogP contribution in [0.2, 0.25) is 0 Å². The molecular weight excluding hydrogens is 410 g/mol. The smallest absolute Gasteiger partial charge is 0.243 e. The minimum atomic E-state index is -3.61. The molecule has 0 saturated carbocycles. The van der Waals surface area contributed by atoms with Crippen molar-refractivity contribution < 1.29 is 13.2 Å². The first-order valence-electron chi connectivity index (χ1n) is 10.9. The second kappa shape index (κ2) is 10.3. The van der Waals surface area contributed by atoms with E-state index in [0.29, 0.717) is 12.2 Å². The van der Waals surface area contributed by atoms with Crippen molar-refractivity contribution in [1.29, 1.82) is 0 Å². The summed E-state index contributed by atoms with van der Waals surface area (Å²) >= 11 is 0. The SMILES string of the molecule is Cc1cccc(N(C(C)C(=O)NCc2ccc(CN3CCCCC3)cc2)S(C)(=O)=O)c1. The maximum Gasteiger partial charge on any atom is 0.243 e. The van der Waals surface area contributed by atoms with Gasteiger partial charge in [0, 0.05) is 13.1 Å². The summed E-state index contributed by atoms with van der Waals surface area (Å²) in [5, 5.41) is 2.88. The van der Waals surface area contributed by atoms with Gasteiger partial charge in [-0.3, -0.25) is 14.0 Å². The number of hydrogen-bond donors (Lipinski definition) is 1. The van der Waals surface area contributed by atoms with Gasteiger partial charge in [0.05, 0.1) is 11.9 Å². The number of amides is 1. The lowest BCUT2D eigenvalue weighted by atomic mass is 10.1. The van der Waals surface area contributed by atoms with Crippen LogP contribution in [0.1, 0.15) is 42.9 Å². The van der Waals surface area contributed by atoms with E-state index in [1.807, 2.05) is 25.1 Å². The van der Waals surface area contributed by atoms with E-state index < -0.39 is 16.1 Å². The van der Waals surface area contributed by atoms with Crippen LogP contribution in [-0.2, 0) is 27.9 Å². The van der Waals surface area contributed by atoms with Crippen molar-refractivity contribution in [2.24, 2.45) is 0 Å². The number of hydrogen-bond acceptors (Lipinski definition) is 4. The number of benzene rings is 2. The van der Waals surface area contributed by atoms with Crippen molar-refractivity contribution in [3.05, 3.63) is 65.2 Å². The Kier molecular flexibility index (Phi) is 7.73. The molecule has 1 aliphatic rings. The standard InChI is InChI=1S/C24H33N3O3S/c1-19-8-7-9-23(16-19)27(31(3,29)30)20(2)24(28)25-17-21-10-12-22(13-11-21)18-26-14-5-4-6-15-26/h7-13,16,20H,4-6,14-15,17-18H2,1-3H3,(H,25,28). The highest BCUT2D eigenvalue weighted by Crippen LogP contribution is 2.22. The summed E-state index contributed by atoms with van der Waals surface area (Å²) in [6.45, 7) is 7.15. The number of carbonyl (C=O) groups is 1. The van der Waals surface area contributed by atoms with Crippen molar-refractivity contribution >= 4 is 21.6 Å². The van der Waals surface area contributed by atoms with E-state index in [9.17, 15) is 13.2 Å². The number of aryl methyl sites for hydroxylation is 1. The topological polar surface area (TPSA) is 69.7 Å². The van der Waals surface area contributed by atoms with Crippen molar-refractivity contribution in [2.45, 2.75) is 52.2 Å². The average molecular weight is 444 g/mol. The maximum absolute atomic E-state index is 12.8. The number of rotatable bonds is 8. The van der Waals surface area contributed by atoms with Crippen LogP contribution in [0.25, 0.3) is 0 Å². The zero-order valence-corrected chi connectivity index (χ0v) is 19.5. The second-order valence-corrected chi connectivity index (χ2v) is 10.3. The fraction of sp³-hybridized carbons (Fsp3) is 0.458. The van der Waals surface area contributed by atoms with Crippen LogP contribution in [0.5, 0.6) is 0 Å². The quantitative estimate of drug-likeness (QED) is 0.678. The third-order valence-corrected chi connectivity index (χ3v) is 6.93. The lowest BCUT2D eigenvalue weighted by Gasteiger charge is -2.28. The molecule has 1 amide bonds. The van der Waals surface area contributed by atoms with Crippen LogP contribution >= 0.6 is 0 Å². The summed E-state index contributed by atoms with van der Waals surface area (Å²) in [5.74, 6) is -0.329. The van der Waals surface area contributed by atoms with E-state index in [4.69, 9.17) is 0 Å². The molecule has 2 aromatic rings. The van der Waals surface area contributed by atoms with Gasteiger partial charge in [0.25, 0.3) is 0 Å². The minimum Gasteiger partial charge on any atom is -0.350 e. The van der Waals surface area contributed by atoms with Gasteiger partial charge in [-0.2, -0.15) is 0 Å². The van der Waals surface area contributed by atoms with Crippen molar-refractivity contribution in [3.8, 4) is 0 Å². The number of nitrogens with one attached hydrogen (secondary N) is 1. The van der Waals surface area contributed by atoms with Crippen LogP contribution in [0.3, 0.4) is 0 Å². The van der Waals surface area contributed by atoms with Crippen LogP contribution in [0, 0.1) is 6.92 Å². The average Bonchev–Trinajstić information content (AvgIpc) is 2.73. The van der Waals surface area contributed by atoms with Gasteiger partial charge in [-0.05, 0) is 68.6 Å². The van der Waals surface area contributed by atoms with Crippen LogP contribution < -0.4 is 9.62 Å². The monoisotopic (exact) mass is 443 g/mol. The minimum absolute atomic E-state index is 0.329. The van der Waals surface area contributed by atoms with Gasteiger partial charge >= 0.3 is 0 Å². The number of piperidine rings is 1. The Hall–Kier alpha value is -2.38. The van der Waals surface area contributed by atoms with Crippen molar-refractivity contribution in [1.82, 2.24) is 10.2 Å². The fourth-order valence-electron chi connectivity index (χ4n) is 4.05. The van der Waals surface area contributed by atoms with Gasteiger partial charge in [0.15, 0.2) is 0 Å². The van der Waals surface area contributed by atoms with Crippen LogP contribution in [-0.4, -0.2) is 44.6 Å². The number of nitrogens with zero attached hydrogens (tertiary/aromatic N) is 2. The van der Waals surface area contributed by atoms with E-state index in [2.05, 4.69) is 22.3 Å². The zero-order chi connectivity index (χ0) is 22.4. The van der Waals surface area contributed by atoms with Crippen molar-refractivity contribution in [2.75, 3.05) is 23.7 Å². The molecule has 1 fully saturated rings. The molecule has 1 heterocycles. The van der Waals surface area contributed by atoms with Gasteiger partial charge in [-0.25, -0.2) is 8.42 Å². The molecule has 1 N–H and O–H groups in total. The fourth-order valence-corrected chi connectivity index (χ4v) is 5.22. The molecule has 0 aromatic heterocycles. The Labute approximate surface area is 186 Å². The first-order chi connectivity index (χ1) is 14.7. The lowest BCUT2D eigenvalue weighted by Crippen LogP contribution is -2.47. The molecule has 7 heteroatoms. The summed E-state index contributed by atoms with van der Waals surface area (Å²) < 4.78 is 26.0. The molecule has 2 aromatic carbocycles. The Morgan fingerprint density at radius 2 is 1.71 bits per heavy atom. The number of sulfonamides is 1. The second-order valence-electron chi connectivity index (χ2n) is 8.44. The first-order valence-corrected chi connectivity index (χ1v) is 12.7. The first kappa shape index (κ1) is 23.3. The third kappa shape index (κ3) is 6.55. The Morgan fingerprint density at radius 1 is 1.06 bits per heavy atom. The molecule has 0 spiro atoms. The third-order valence-electron chi connectivity index (χ3n) is 5.69. The number of anilines is 1. The summed E-state index contributed by atoms with van der Waals surface area (Å²) in [4.78, 5) is 15.2. The maximum atomic E-state index is 12.8. The zero-order valence-electron chi connectivity index (χ0n) is 18.7. The summed E-state index contributed by atoms with van der Waals surface area (Å²) in [6, 6.07) is 14.6. The van der Waals surface area contributed by atoms with Gasteiger partial charge < -0.3 is 5.32 Å². The Balaban J connectivity index is 1.60. The van der Waals surface area contributed by atoms with E-state index >= 15 is 0 Å². The largest absolute Gasteiger partial charge is 0.350 e. The molecule has 168 valence electrons. The highest BCUT2D eigenvalue weighted by atomic mass is 32.2. The summed E-state index contributed by atoms with van der Waals surface area (Å²) in [7, 11) is -3.61. The molecule has 1 atom stereocenters. The predicted octanol–water partition coefficient (Wildman–Crippen LogP) is 3.45. The van der Waals surface area contributed by atoms with Crippen LogP contribution in [0.4, 0.5) is 5.69 Å². The predicted molar refractivity (Wildman–Crippen MR) is 125 cm³/mol. The van der Waals surface area contributed by atoms with E-state index in [1.165, 1.54) is 29.1 Å².